The van der Waals surface area contributed by atoms with Crippen molar-refractivity contribution < 1.29 is 133 Å². The Bertz CT molecular complexity index is 2110. The number of rotatable bonds is 26. The van der Waals surface area contributed by atoms with Crippen molar-refractivity contribution in [1.82, 2.24) is 10.6 Å². The van der Waals surface area contributed by atoms with Crippen molar-refractivity contribution in [2.24, 2.45) is 0 Å². The van der Waals surface area contributed by atoms with Crippen molar-refractivity contribution in [2.75, 3.05) is 33.5 Å². The number of nitro groups is 1. The summed E-state index contributed by atoms with van der Waals surface area (Å²) < 4.78 is 52.5. The van der Waals surface area contributed by atoms with E-state index >= 15 is 0 Å². The summed E-state index contributed by atoms with van der Waals surface area (Å²) in [6, 6.07) is -0.833. The van der Waals surface area contributed by atoms with Crippen LogP contribution >= 0.6 is 0 Å². The van der Waals surface area contributed by atoms with E-state index in [0.717, 1.165) is 38.0 Å². The van der Waals surface area contributed by atoms with E-state index in [1.165, 1.54) is 14.0 Å². The molecule has 0 saturated carbocycles. The summed E-state index contributed by atoms with van der Waals surface area (Å²) in [6.45, 7) is -1.08. The molecule has 0 aliphatic carbocycles. The van der Waals surface area contributed by atoms with E-state index in [1.54, 1.807) is 0 Å². The van der Waals surface area contributed by atoms with E-state index in [1.807, 2.05) is 0 Å². The van der Waals surface area contributed by atoms with Gasteiger partial charge in [0.05, 0.1) is 50.1 Å². The van der Waals surface area contributed by atoms with Crippen molar-refractivity contribution in [2.45, 2.75) is 194 Å². The molecule has 4 saturated heterocycles. The number of aromatic hydroxyl groups is 1. The van der Waals surface area contributed by atoms with Gasteiger partial charge in [0.2, 0.25) is 5.91 Å². The molecule has 5 rings (SSSR count). The Labute approximate surface area is 439 Å². The van der Waals surface area contributed by atoms with Gasteiger partial charge in [0.15, 0.2) is 24.6 Å². The number of carbonyl (C=O) groups is 4. The van der Waals surface area contributed by atoms with E-state index in [4.69, 9.17) is 37.9 Å². The molecule has 4 aliphatic heterocycles. The molecule has 4 aliphatic rings. The number of aliphatic carboxylic acids is 1. The average molecular weight is 1110 g/mol. The number of aliphatic hydroxyl groups is 11. The van der Waals surface area contributed by atoms with E-state index in [0.29, 0.717) is 25.7 Å². The summed E-state index contributed by atoms with van der Waals surface area (Å²) in [5.41, 5.74) is -1.16. The standard InChI is InChI=1S/C46H71N3O28/c1-19-31(58)34(61)35(62)43(71-19)75-39-30(48-41(64)21-11-12-22(49(67)68)23(54)14-21)42(70-13-9-7-5-4-6-8-10-28(57)69-3)73-27(18-52)37(39)74-44-36(63)40(33(60)26(17-51)72-44)77-46(45(65)66)15-24(55)29(47-20(2)53)38(76-46)32(59)25(56)16-50/h11-12,14,19,24-27,29-40,42-44,50-52,54-56,58-63H,4-10,13,15-18H2,1-3H3,(H,47,53)(H,48,64)(H,65,66)/t19?,24?,25?,26?,27?,29-,30?,31-,32?,33+,34?,35?,36?,37-,38?,39?,40?,42-,43+,44?,46+/m1/s1. The van der Waals surface area contributed by atoms with Gasteiger partial charge in [-0.05, 0) is 31.9 Å². The number of hydrogen-bond donors (Lipinski definition) is 15. The maximum absolute atomic E-state index is 14.1. The Hall–Kier alpha value is -4.46. The van der Waals surface area contributed by atoms with Gasteiger partial charge in [0.25, 0.3) is 11.7 Å². The van der Waals surface area contributed by atoms with Crippen molar-refractivity contribution in [3.05, 3.63) is 33.9 Å². The highest BCUT2D eigenvalue weighted by molar-refractivity contribution is 5.95. The second kappa shape index (κ2) is 28.6. The highest BCUT2D eigenvalue weighted by Gasteiger charge is 2.61. The highest BCUT2D eigenvalue weighted by atomic mass is 16.8. The molecule has 0 aromatic heterocycles. The first kappa shape index (κ1) is 63.4. The SMILES string of the molecule is COC(=O)CCCCCCCCO[C@@H]1OC(CO)[C@@H](OC2OC(CO)[C@H](O)C(O[C@]3(C(=O)O)CC(O)[C@@H](NC(C)=O)C(C(O)C(O)CO)O3)C2O)C(O[C@@H]2OC(C)[C@@H](O)C(O)C2O)C1NC(=O)c1ccc([N+](=O)[O-])c(O)c1. The molecule has 14 unspecified atom stereocenters. The first-order valence-electron chi connectivity index (χ1n) is 24.8. The number of unbranched alkanes of at least 4 members (excludes halogenated alkanes) is 5. The highest BCUT2D eigenvalue weighted by Crippen LogP contribution is 2.40. The molecule has 0 radical (unpaired) electrons. The largest absolute Gasteiger partial charge is 0.502 e. The van der Waals surface area contributed by atoms with Crippen LogP contribution in [0.1, 0.15) is 75.6 Å². The Kier molecular flexibility index (Phi) is 23.5. The fourth-order valence-corrected chi connectivity index (χ4v) is 9.31. The van der Waals surface area contributed by atoms with Crippen LogP contribution in [0.25, 0.3) is 0 Å². The quantitative estimate of drug-likeness (QED) is 0.0178. The zero-order valence-corrected chi connectivity index (χ0v) is 42.1. The maximum atomic E-state index is 14.1. The zero-order chi connectivity index (χ0) is 57.1. The number of carboxylic acids is 1. The van der Waals surface area contributed by atoms with Gasteiger partial charge < -0.3 is 120 Å². The van der Waals surface area contributed by atoms with Crippen molar-refractivity contribution in [1.29, 1.82) is 0 Å². The van der Waals surface area contributed by atoms with E-state index in [9.17, 15) is 95.7 Å². The molecule has 21 atom stereocenters. The molecule has 2 amide bonds. The number of amides is 2. The number of phenolic OH excluding ortho intramolecular Hbond substituents is 1. The van der Waals surface area contributed by atoms with Crippen molar-refractivity contribution in [3.8, 4) is 5.75 Å². The summed E-state index contributed by atoms with van der Waals surface area (Å²) in [7, 11) is 1.29. The first-order valence-corrected chi connectivity index (χ1v) is 24.8. The molecule has 31 heteroatoms. The number of hydrogen-bond acceptors (Lipinski definition) is 27. The van der Waals surface area contributed by atoms with E-state index in [2.05, 4.69) is 15.4 Å². The van der Waals surface area contributed by atoms with Gasteiger partial charge in [0.1, 0.15) is 85.4 Å². The Morgan fingerprint density at radius 2 is 1.42 bits per heavy atom. The molecule has 4 heterocycles. The number of nitro benzene ring substituents is 1. The zero-order valence-electron chi connectivity index (χ0n) is 42.1. The second-order valence-corrected chi connectivity index (χ2v) is 19.1. The lowest BCUT2D eigenvalue weighted by Crippen LogP contribution is -2.71. The number of benzene rings is 1. The monoisotopic (exact) mass is 1110 g/mol. The smallest absolute Gasteiger partial charge is 0.364 e. The first-order chi connectivity index (χ1) is 36.4. The third-order valence-electron chi connectivity index (χ3n) is 13.6. The predicted octanol–water partition coefficient (Wildman–Crippen LogP) is -5.39. The second-order valence-electron chi connectivity index (χ2n) is 19.1. The third kappa shape index (κ3) is 15.5. The van der Waals surface area contributed by atoms with Crippen LogP contribution in [0, 0.1) is 10.1 Å². The van der Waals surface area contributed by atoms with Gasteiger partial charge in [-0.3, -0.25) is 24.5 Å². The summed E-state index contributed by atoms with van der Waals surface area (Å²) in [4.78, 5) is 61.5. The molecule has 31 nitrogen and oxygen atoms in total. The number of esters is 1. The van der Waals surface area contributed by atoms with Crippen LogP contribution in [-0.2, 0) is 57.0 Å². The molecular formula is C46H71N3O28. The summed E-state index contributed by atoms with van der Waals surface area (Å²) in [5.74, 6) is -8.45. The maximum Gasteiger partial charge on any atom is 0.364 e. The summed E-state index contributed by atoms with van der Waals surface area (Å²) in [5, 5.41) is 157. The fourth-order valence-electron chi connectivity index (χ4n) is 9.31. The molecular weight excluding hydrogens is 1040 g/mol. The van der Waals surface area contributed by atoms with Crippen molar-refractivity contribution >= 4 is 29.4 Å². The average Bonchev–Trinajstić information content (AvgIpc) is 3.42. The molecule has 1 aromatic rings. The summed E-state index contributed by atoms with van der Waals surface area (Å²) >= 11 is 0. The third-order valence-corrected chi connectivity index (χ3v) is 13.6. The molecule has 0 bridgehead atoms. The number of nitrogens with one attached hydrogen (secondary N) is 2. The normalized spacial score (nSPS) is 36.3. The van der Waals surface area contributed by atoms with E-state index in [-0.39, 0.29) is 19.0 Å². The number of carbonyl (C=O) groups excluding carboxylic acids is 3. The van der Waals surface area contributed by atoms with Gasteiger partial charge in [-0.2, -0.15) is 0 Å². The number of ether oxygens (including phenoxy) is 9. The topological polar surface area (TPSA) is 482 Å². The Balaban J connectivity index is 1.53. The van der Waals surface area contributed by atoms with Gasteiger partial charge in [0, 0.05) is 38.0 Å². The van der Waals surface area contributed by atoms with Crippen LogP contribution < -0.4 is 10.6 Å². The fraction of sp³-hybridized carbons (Fsp3) is 0.783. The molecule has 438 valence electrons. The molecule has 4 fully saturated rings. The van der Waals surface area contributed by atoms with Crippen LogP contribution in [0.2, 0.25) is 0 Å². The van der Waals surface area contributed by atoms with Gasteiger partial charge in [-0.25, -0.2) is 4.79 Å². The molecule has 15 N–H and O–H groups in total. The minimum Gasteiger partial charge on any atom is -0.502 e. The number of phenols is 1. The lowest BCUT2D eigenvalue weighted by Gasteiger charge is -2.51. The number of carboxylic acid groups (broad SMARTS) is 1. The lowest BCUT2D eigenvalue weighted by molar-refractivity contribution is -0.391. The number of aliphatic hydroxyl groups excluding tert-OH is 11. The van der Waals surface area contributed by atoms with Crippen LogP contribution in [0.5, 0.6) is 5.75 Å². The molecule has 1 aromatic carbocycles. The minimum atomic E-state index is -3.20. The Morgan fingerprint density at radius 3 is 2.01 bits per heavy atom. The molecule has 77 heavy (non-hydrogen) atoms. The number of nitrogens with zero attached hydrogens (tertiary/aromatic N) is 1. The van der Waals surface area contributed by atoms with Crippen molar-refractivity contribution in [3.63, 3.8) is 0 Å². The number of methoxy groups -OCH3 is 1. The minimum absolute atomic E-state index is 0.109. The van der Waals surface area contributed by atoms with Crippen LogP contribution in [0.4, 0.5) is 5.69 Å². The molecule has 0 spiro atoms. The van der Waals surface area contributed by atoms with Gasteiger partial charge >= 0.3 is 17.6 Å². The van der Waals surface area contributed by atoms with E-state index < -0.39 is 194 Å². The van der Waals surface area contributed by atoms with Gasteiger partial charge in [-0.1, -0.05) is 25.7 Å². The van der Waals surface area contributed by atoms with Crippen LogP contribution in [-0.4, -0.2) is 257 Å². The summed E-state index contributed by atoms with van der Waals surface area (Å²) in [6.07, 6.45) is -32.8. The van der Waals surface area contributed by atoms with Crippen LogP contribution in [0.15, 0.2) is 18.2 Å². The van der Waals surface area contributed by atoms with Crippen LogP contribution in [0.3, 0.4) is 0 Å². The Morgan fingerprint density at radius 1 is 0.792 bits per heavy atom. The lowest BCUT2D eigenvalue weighted by atomic mass is 9.88. The van der Waals surface area contributed by atoms with Gasteiger partial charge in [-0.15, -0.1) is 0 Å². The predicted molar refractivity (Wildman–Crippen MR) is 249 cm³/mol.